The van der Waals surface area contributed by atoms with Gasteiger partial charge in [-0.2, -0.15) is 0 Å². The number of methoxy groups -OCH3 is 2. The zero-order valence-corrected chi connectivity index (χ0v) is 16.0. The fraction of sp³-hybridized carbons (Fsp3) is 0.316. The second-order valence-corrected chi connectivity index (χ2v) is 8.05. The van der Waals surface area contributed by atoms with Crippen LogP contribution < -0.4 is 13.8 Å². The van der Waals surface area contributed by atoms with Crippen LogP contribution in [-0.4, -0.2) is 35.0 Å². The topological polar surface area (TPSA) is 72.9 Å². The number of hydrogen-bond donors (Lipinski definition) is 0. The highest BCUT2D eigenvalue weighted by molar-refractivity contribution is 7.93. The second kappa shape index (κ2) is 6.64. The third-order valence-corrected chi connectivity index (χ3v) is 6.50. The summed E-state index contributed by atoms with van der Waals surface area (Å²) in [6.45, 7) is 3.85. The molecule has 0 saturated carbocycles. The molecule has 0 N–H and O–H groups in total. The molecule has 0 radical (unpaired) electrons. The summed E-state index contributed by atoms with van der Waals surface area (Å²) in [5.74, 6) is 0.706. The Morgan fingerprint density at radius 1 is 1.00 bits per heavy atom. The van der Waals surface area contributed by atoms with E-state index in [1.54, 1.807) is 30.3 Å². The molecule has 0 spiro atoms. The van der Waals surface area contributed by atoms with Crippen LogP contribution in [-0.2, 0) is 10.0 Å². The molecule has 1 aliphatic heterocycles. The van der Waals surface area contributed by atoms with Gasteiger partial charge >= 0.3 is 0 Å². The van der Waals surface area contributed by atoms with Crippen LogP contribution in [0.25, 0.3) is 0 Å². The first-order valence-electron chi connectivity index (χ1n) is 8.19. The van der Waals surface area contributed by atoms with E-state index in [2.05, 4.69) is 0 Å². The number of Topliss-reactive ketones (excluding diaryl/α,β-unsaturated/α-hetero) is 1. The van der Waals surface area contributed by atoms with Gasteiger partial charge in [-0.25, -0.2) is 8.42 Å². The van der Waals surface area contributed by atoms with Crippen molar-refractivity contribution in [3.63, 3.8) is 0 Å². The number of anilines is 1. The average Bonchev–Trinajstić information content (AvgIpc) is 2.63. The van der Waals surface area contributed by atoms with Crippen molar-refractivity contribution in [1.82, 2.24) is 0 Å². The molecule has 3 rings (SSSR count). The maximum atomic E-state index is 13.4. The van der Waals surface area contributed by atoms with E-state index in [-0.39, 0.29) is 23.6 Å². The van der Waals surface area contributed by atoms with E-state index in [9.17, 15) is 13.2 Å². The highest BCUT2D eigenvalue weighted by Crippen LogP contribution is 2.37. The van der Waals surface area contributed by atoms with E-state index >= 15 is 0 Å². The standard InChI is InChI=1S/C19H21NO5S/c1-12-9-18(25-4)19(10-13(12)2)26(22,23)20-8-7-17(21)15-11-14(24-3)5-6-16(15)20/h5-6,9-11H,7-8H2,1-4H3. The SMILES string of the molecule is COc1ccc2c(c1)C(=O)CCN2S(=O)(=O)c1cc(C)c(C)cc1OC. The minimum Gasteiger partial charge on any atom is -0.497 e. The van der Waals surface area contributed by atoms with Crippen molar-refractivity contribution in [2.45, 2.75) is 25.2 Å². The second-order valence-electron chi connectivity index (χ2n) is 6.22. The maximum absolute atomic E-state index is 13.4. The number of nitrogens with zero attached hydrogens (tertiary/aromatic N) is 1. The minimum absolute atomic E-state index is 0.0938. The lowest BCUT2D eigenvalue weighted by Gasteiger charge is -2.30. The van der Waals surface area contributed by atoms with Crippen LogP contribution in [0.1, 0.15) is 27.9 Å². The van der Waals surface area contributed by atoms with Crippen LogP contribution in [0.5, 0.6) is 11.5 Å². The van der Waals surface area contributed by atoms with Crippen molar-refractivity contribution in [2.24, 2.45) is 0 Å². The van der Waals surface area contributed by atoms with Gasteiger partial charge in [0.1, 0.15) is 16.4 Å². The maximum Gasteiger partial charge on any atom is 0.268 e. The van der Waals surface area contributed by atoms with Crippen molar-refractivity contribution >= 4 is 21.5 Å². The molecule has 1 aliphatic rings. The van der Waals surface area contributed by atoms with Crippen LogP contribution in [0.3, 0.4) is 0 Å². The Balaban J connectivity index is 2.17. The van der Waals surface area contributed by atoms with Gasteiger partial charge in [-0.05, 0) is 55.3 Å². The Bertz CT molecular complexity index is 982. The molecule has 0 amide bonds. The van der Waals surface area contributed by atoms with Gasteiger partial charge in [-0.3, -0.25) is 9.10 Å². The van der Waals surface area contributed by atoms with Gasteiger partial charge in [0.2, 0.25) is 0 Å². The van der Waals surface area contributed by atoms with Crippen molar-refractivity contribution in [3.05, 3.63) is 47.0 Å². The number of carbonyl (C=O) groups is 1. The summed E-state index contributed by atoms with van der Waals surface area (Å²) < 4.78 is 38.5. The molecule has 1 heterocycles. The number of sulfonamides is 1. The van der Waals surface area contributed by atoms with Gasteiger partial charge < -0.3 is 9.47 Å². The average molecular weight is 375 g/mol. The summed E-state index contributed by atoms with van der Waals surface area (Å²) in [7, 11) is -0.936. The van der Waals surface area contributed by atoms with Crippen molar-refractivity contribution < 1.29 is 22.7 Å². The van der Waals surface area contributed by atoms with E-state index in [1.165, 1.54) is 18.5 Å². The van der Waals surface area contributed by atoms with E-state index in [1.807, 2.05) is 13.8 Å². The summed E-state index contributed by atoms with van der Waals surface area (Å²) >= 11 is 0. The van der Waals surface area contributed by atoms with Gasteiger partial charge in [0.15, 0.2) is 5.78 Å². The first-order valence-corrected chi connectivity index (χ1v) is 9.63. The number of hydrogen-bond acceptors (Lipinski definition) is 5. The van der Waals surface area contributed by atoms with Crippen molar-refractivity contribution in [2.75, 3.05) is 25.1 Å². The lowest BCUT2D eigenvalue weighted by Crippen LogP contribution is -2.37. The molecule has 0 aliphatic carbocycles. The van der Waals surface area contributed by atoms with E-state index in [0.717, 1.165) is 11.1 Å². The molecule has 2 aromatic rings. The van der Waals surface area contributed by atoms with Gasteiger partial charge in [-0.1, -0.05) is 0 Å². The summed E-state index contributed by atoms with van der Waals surface area (Å²) in [5.41, 5.74) is 2.51. The smallest absolute Gasteiger partial charge is 0.268 e. The number of carbonyl (C=O) groups excluding carboxylic acids is 1. The number of ketones is 1. The Kier molecular flexibility index (Phi) is 4.66. The quantitative estimate of drug-likeness (QED) is 0.821. The van der Waals surface area contributed by atoms with Crippen LogP contribution >= 0.6 is 0 Å². The molecule has 7 heteroatoms. The molecule has 0 saturated heterocycles. The number of ether oxygens (including phenoxy) is 2. The lowest BCUT2D eigenvalue weighted by atomic mass is 10.0. The Morgan fingerprint density at radius 3 is 2.35 bits per heavy atom. The highest BCUT2D eigenvalue weighted by Gasteiger charge is 2.34. The Labute approximate surface area is 153 Å². The molecule has 0 bridgehead atoms. The molecule has 6 nitrogen and oxygen atoms in total. The fourth-order valence-electron chi connectivity index (χ4n) is 3.03. The molecule has 2 aromatic carbocycles. The first-order chi connectivity index (χ1) is 12.3. The monoisotopic (exact) mass is 375 g/mol. The Morgan fingerprint density at radius 2 is 1.69 bits per heavy atom. The number of fused-ring (bicyclic) bond motifs is 1. The van der Waals surface area contributed by atoms with E-state index in [0.29, 0.717) is 22.7 Å². The number of benzene rings is 2. The first kappa shape index (κ1) is 18.3. The summed E-state index contributed by atoms with van der Waals surface area (Å²) in [4.78, 5) is 12.4. The fourth-order valence-corrected chi connectivity index (χ4v) is 4.74. The molecular weight excluding hydrogens is 354 g/mol. The third kappa shape index (κ3) is 2.92. The minimum atomic E-state index is -3.89. The summed E-state index contributed by atoms with van der Waals surface area (Å²) in [6.07, 6.45) is 0.118. The van der Waals surface area contributed by atoms with Crippen LogP contribution in [0.15, 0.2) is 35.2 Å². The van der Waals surface area contributed by atoms with Crippen LogP contribution in [0.2, 0.25) is 0 Å². The molecule has 26 heavy (non-hydrogen) atoms. The number of rotatable bonds is 4. The van der Waals surface area contributed by atoms with Gasteiger partial charge in [0.25, 0.3) is 10.0 Å². The molecule has 0 atom stereocenters. The molecule has 0 fully saturated rings. The summed E-state index contributed by atoms with van der Waals surface area (Å²) in [6, 6.07) is 8.17. The zero-order chi connectivity index (χ0) is 19.1. The number of aryl methyl sites for hydroxylation is 2. The normalized spacial score (nSPS) is 14.2. The van der Waals surface area contributed by atoms with Gasteiger partial charge in [0.05, 0.1) is 19.9 Å². The van der Waals surface area contributed by atoms with Crippen LogP contribution in [0, 0.1) is 13.8 Å². The molecule has 0 unspecified atom stereocenters. The molecule has 138 valence electrons. The lowest BCUT2D eigenvalue weighted by molar-refractivity contribution is 0.0981. The summed E-state index contributed by atoms with van der Waals surface area (Å²) in [5, 5.41) is 0. The largest absolute Gasteiger partial charge is 0.497 e. The predicted octanol–water partition coefficient (Wildman–Crippen LogP) is 3.10. The van der Waals surface area contributed by atoms with E-state index in [4.69, 9.17) is 9.47 Å². The molecule has 0 aromatic heterocycles. The zero-order valence-electron chi connectivity index (χ0n) is 15.2. The van der Waals surface area contributed by atoms with E-state index < -0.39 is 10.0 Å². The Hall–Kier alpha value is -2.54. The van der Waals surface area contributed by atoms with Crippen LogP contribution in [0.4, 0.5) is 5.69 Å². The molecular formula is C19H21NO5S. The third-order valence-electron chi connectivity index (χ3n) is 4.66. The van der Waals surface area contributed by atoms with Crippen molar-refractivity contribution in [3.8, 4) is 11.5 Å². The predicted molar refractivity (Wildman–Crippen MR) is 98.9 cm³/mol. The van der Waals surface area contributed by atoms with Gasteiger partial charge in [0, 0.05) is 18.5 Å². The van der Waals surface area contributed by atoms with Crippen molar-refractivity contribution in [1.29, 1.82) is 0 Å². The van der Waals surface area contributed by atoms with Gasteiger partial charge in [-0.15, -0.1) is 0 Å². The highest BCUT2D eigenvalue weighted by atomic mass is 32.2.